The molecule has 1 fully saturated rings. The molecule has 1 aliphatic heterocycles. The van der Waals surface area contributed by atoms with Crippen molar-refractivity contribution in [1.29, 1.82) is 0 Å². The predicted molar refractivity (Wildman–Crippen MR) is 136 cm³/mol. The van der Waals surface area contributed by atoms with Crippen molar-refractivity contribution in [2.24, 2.45) is 0 Å². The molecule has 7 nitrogen and oxygen atoms in total. The Labute approximate surface area is 208 Å². The van der Waals surface area contributed by atoms with E-state index >= 15 is 0 Å². The molecule has 2 atom stereocenters. The van der Waals surface area contributed by atoms with E-state index in [9.17, 15) is 4.79 Å². The number of benzene rings is 2. The summed E-state index contributed by atoms with van der Waals surface area (Å²) in [6.45, 7) is 0. The number of hydrogen-bond donors (Lipinski definition) is 1. The second-order valence-corrected chi connectivity index (χ2v) is 8.36. The SMILES string of the molecule is COC(=O)c1ccc(-c2ccc([C@H]3[C@@H](c4ccccn4)NC(=S)N3c3cccc(OC)c3)o2)cc1. The van der Waals surface area contributed by atoms with Gasteiger partial charge in [0.15, 0.2) is 5.11 Å². The van der Waals surface area contributed by atoms with Crippen molar-refractivity contribution in [2.45, 2.75) is 12.1 Å². The van der Waals surface area contributed by atoms with Crippen LogP contribution in [0.2, 0.25) is 0 Å². The second-order valence-electron chi connectivity index (χ2n) is 7.97. The van der Waals surface area contributed by atoms with Gasteiger partial charge in [-0.05, 0) is 60.7 Å². The van der Waals surface area contributed by atoms with Crippen LogP contribution in [0.15, 0.2) is 89.5 Å². The quantitative estimate of drug-likeness (QED) is 0.291. The van der Waals surface area contributed by atoms with Gasteiger partial charge < -0.3 is 24.1 Å². The summed E-state index contributed by atoms with van der Waals surface area (Å²) in [6.07, 6.45) is 1.77. The smallest absolute Gasteiger partial charge is 0.337 e. The number of methoxy groups -OCH3 is 2. The normalized spacial score (nSPS) is 17.2. The van der Waals surface area contributed by atoms with Crippen molar-refractivity contribution in [2.75, 3.05) is 19.1 Å². The van der Waals surface area contributed by atoms with Crippen LogP contribution in [-0.2, 0) is 4.74 Å². The average molecular weight is 486 g/mol. The maximum atomic E-state index is 11.8. The Morgan fingerprint density at radius 1 is 1.03 bits per heavy atom. The molecular formula is C27H23N3O4S. The molecule has 3 heterocycles. The van der Waals surface area contributed by atoms with E-state index in [4.69, 9.17) is 26.1 Å². The molecule has 1 saturated heterocycles. The number of anilines is 1. The molecule has 35 heavy (non-hydrogen) atoms. The minimum atomic E-state index is -0.380. The largest absolute Gasteiger partial charge is 0.497 e. The molecule has 1 aliphatic rings. The molecule has 176 valence electrons. The fraction of sp³-hybridized carbons (Fsp3) is 0.148. The summed E-state index contributed by atoms with van der Waals surface area (Å²) in [5, 5.41) is 3.99. The van der Waals surface area contributed by atoms with E-state index in [2.05, 4.69) is 10.3 Å². The van der Waals surface area contributed by atoms with Gasteiger partial charge >= 0.3 is 5.97 Å². The second kappa shape index (κ2) is 9.60. The molecule has 1 N–H and O–H groups in total. The number of pyridine rings is 1. The van der Waals surface area contributed by atoms with Gasteiger partial charge in [0.25, 0.3) is 0 Å². The van der Waals surface area contributed by atoms with E-state index in [1.54, 1.807) is 25.4 Å². The summed E-state index contributed by atoms with van der Waals surface area (Å²) in [6, 6.07) is 24.0. The standard InChI is InChI=1S/C27H23N3O4S/c1-32-20-7-5-6-19(16-20)30-25(24(29-27(30)35)21-8-3-4-15-28-21)23-14-13-22(34-23)17-9-11-18(12-10-17)26(31)33-2/h3-16,24-25H,1-2H3,(H,29,35)/t24-,25+/m1/s1. The topological polar surface area (TPSA) is 76.8 Å². The van der Waals surface area contributed by atoms with Gasteiger partial charge in [-0.15, -0.1) is 0 Å². The zero-order valence-electron chi connectivity index (χ0n) is 19.2. The van der Waals surface area contributed by atoms with Gasteiger partial charge in [0, 0.05) is 23.5 Å². The van der Waals surface area contributed by atoms with Crippen LogP contribution in [0.5, 0.6) is 5.75 Å². The lowest BCUT2D eigenvalue weighted by molar-refractivity contribution is 0.0600. The molecule has 0 spiro atoms. The fourth-order valence-electron chi connectivity index (χ4n) is 4.24. The van der Waals surface area contributed by atoms with Crippen LogP contribution >= 0.6 is 12.2 Å². The number of carbonyl (C=O) groups excluding carboxylic acids is 1. The molecule has 5 rings (SSSR count). The number of nitrogens with zero attached hydrogens (tertiary/aromatic N) is 2. The first kappa shape index (κ1) is 22.6. The number of thiocarbonyl (C=S) groups is 1. The van der Waals surface area contributed by atoms with E-state index in [0.717, 1.165) is 28.5 Å². The van der Waals surface area contributed by atoms with Gasteiger partial charge in [0.2, 0.25) is 0 Å². The van der Waals surface area contributed by atoms with Crippen LogP contribution in [0.25, 0.3) is 11.3 Å². The average Bonchev–Trinajstić information content (AvgIpc) is 3.53. The van der Waals surface area contributed by atoms with Crippen molar-refractivity contribution < 1.29 is 18.7 Å². The van der Waals surface area contributed by atoms with E-state index < -0.39 is 0 Å². The van der Waals surface area contributed by atoms with Gasteiger partial charge in [-0.25, -0.2) is 4.79 Å². The Morgan fingerprint density at radius 3 is 2.57 bits per heavy atom. The number of nitrogens with one attached hydrogen (secondary N) is 1. The van der Waals surface area contributed by atoms with Gasteiger partial charge in [-0.3, -0.25) is 4.98 Å². The van der Waals surface area contributed by atoms with Crippen molar-refractivity contribution >= 4 is 29.0 Å². The Kier molecular flexibility index (Phi) is 6.20. The predicted octanol–water partition coefficient (Wildman–Crippen LogP) is 5.31. The molecule has 0 saturated carbocycles. The number of furan rings is 1. The molecule has 8 heteroatoms. The van der Waals surface area contributed by atoms with Crippen molar-refractivity contribution in [3.8, 4) is 17.1 Å². The first-order chi connectivity index (χ1) is 17.1. The van der Waals surface area contributed by atoms with Gasteiger partial charge in [-0.2, -0.15) is 0 Å². The van der Waals surface area contributed by atoms with Gasteiger partial charge in [0.1, 0.15) is 23.3 Å². The zero-order valence-corrected chi connectivity index (χ0v) is 20.0. The fourth-order valence-corrected chi connectivity index (χ4v) is 4.58. The number of rotatable bonds is 6. The maximum absolute atomic E-state index is 11.8. The molecule has 0 bridgehead atoms. The zero-order chi connectivity index (χ0) is 24.4. The molecule has 4 aromatic rings. The van der Waals surface area contributed by atoms with Crippen LogP contribution in [-0.4, -0.2) is 30.3 Å². The molecule has 2 aromatic heterocycles. The Bertz CT molecular complexity index is 1350. The van der Waals surface area contributed by atoms with Crippen LogP contribution in [0, 0.1) is 0 Å². The van der Waals surface area contributed by atoms with Gasteiger partial charge in [-0.1, -0.05) is 24.3 Å². The van der Waals surface area contributed by atoms with Crippen molar-refractivity contribution in [3.05, 3.63) is 102 Å². The van der Waals surface area contributed by atoms with E-state index in [-0.39, 0.29) is 18.1 Å². The summed E-state index contributed by atoms with van der Waals surface area (Å²) in [7, 11) is 3.00. The Morgan fingerprint density at radius 2 is 1.86 bits per heavy atom. The molecule has 0 radical (unpaired) electrons. The number of aromatic nitrogens is 1. The highest BCUT2D eigenvalue weighted by Gasteiger charge is 2.42. The molecule has 0 amide bonds. The van der Waals surface area contributed by atoms with E-state index in [0.29, 0.717) is 16.4 Å². The molecule has 0 aliphatic carbocycles. The molecule has 0 unspecified atom stereocenters. The molecular weight excluding hydrogens is 462 g/mol. The Hall–Kier alpha value is -4.17. The minimum Gasteiger partial charge on any atom is -0.497 e. The first-order valence-electron chi connectivity index (χ1n) is 11.0. The molecule has 2 aromatic carbocycles. The minimum absolute atomic E-state index is 0.226. The summed E-state index contributed by atoms with van der Waals surface area (Å²) < 4.78 is 16.6. The highest BCUT2D eigenvalue weighted by Crippen LogP contribution is 2.43. The van der Waals surface area contributed by atoms with E-state index in [1.807, 2.05) is 71.6 Å². The monoisotopic (exact) mass is 485 g/mol. The Balaban J connectivity index is 1.55. The number of ether oxygens (including phenoxy) is 2. The third kappa shape index (κ3) is 4.36. The van der Waals surface area contributed by atoms with E-state index in [1.165, 1.54) is 7.11 Å². The number of hydrogen-bond acceptors (Lipinski definition) is 6. The number of esters is 1. The lowest BCUT2D eigenvalue weighted by Gasteiger charge is -2.26. The first-order valence-corrected chi connectivity index (χ1v) is 11.4. The van der Waals surface area contributed by atoms with Crippen LogP contribution in [0.3, 0.4) is 0 Å². The third-order valence-electron chi connectivity index (χ3n) is 5.94. The third-order valence-corrected chi connectivity index (χ3v) is 6.25. The highest BCUT2D eigenvalue weighted by atomic mass is 32.1. The van der Waals surface area contributed by atoms with Crippen molar-refractivity contribution in [1.82, 2.24) is 10.3 Å². The highest BCUT2D eigenvalue weighted by molar-refractivity contribution is 7.80. The maximum Gasteiger partial charge on any atom is 0.337 e. The van der Waals surface area contributed by atoms with Crippen LogP contribution < -0.4 is 15.0 Å². The van der Waals surface area contributed by atoms with Crippen LogP contribution in [0.1, 0.15) is 33.9 Å². The summed E-state index contributed by atoms with van der Waals surface area (Å²) in [4.78, 5) is 18.4. The van der Waals surface area contributed by atoms with Gasteiger partial charge in [0.05, 0.1) is 31.5 Å². The summed E-state index contributed by atoms with van der Waals surface area (Å²) in [5.41, 5.74) is 3.06. The summed E-state index contributed by atoms with van der Waals surface area (Å²) in [5.74, 6) is 1.76. The van der Waals surface area contributed by atoms with Crippen LogP contribution in [0.4, 0.5) is 5.69 Å². The summed E-state index contributed by atoms with van der Waals surface area (Å²) >= 11 is 5.77. The lowest BCUT2D eigenvalue weighted by atomic mass is 10.0. The number of carbonyl (C=O) groups is 1. The van der Waals surface area contributed by atoms with Crippen molar-refractivity contribution in [3.63, 3.8) is 0 Å². The lowest BCUT2D eigenvalue weighted by Crippen LogP contribution is -2.29.